The summed E-state index contributed by atoms with van der Waals surface area (Å²) in [6.07, 6.45) is 1.85. The standard InChI is InChI=1S/C36H32N2.2ClH.Co/c1-21-14-23(3)33(24(4)15-21)30-18-29(19-31(20-30)34-25(5)16-22(2)17-26(34)6)32-12-11-28-10-9-27-8-7-13-37-35(27)36(28)38-32;;;/h7-20H,1-6H3;2*1H;/q;;;+2/p-2. The van der Waals surface area contributed by atoms with Gasteiger partial charge in [-0.25, -0.2) is 4.98 Å². The molecule has 0 radical (unpaired) electrons. The fraction of sp³-hybridized carbons (Fsp3) is 0.167. The Kier molecular flexibility index (Phi) is 8.81. The van der Waals surface area contributed by atoms with Crippen molar-refractivity contribution in [3.63, 3.8) is 0 Å². The molecule has 2 aromatic heterocycles. The number of aromatic nitrogens is 2. The average Bonchev–Trinajstić information content (AvgIpc) is 2.92. The van der Waals surface area contributed by atoms with E-state index in [9.17, 15) is 0 Å². The van der Waals surface area contributed by atoms with Crippen molar-refractivity contribution in [2.75, 3.05) is 0 Å². The fourth-order valence-electron chi connectivity index (χ4n) is 6.22. The van der Waals surface area contributed by atoms with E-state index in [1.807, 2.05) is 12.3 Å². The van der Waals surface area contributed by atoms with E-state index >= 15 is 0 Å². The van der Waals surface area contributed by atoms with Gasteiger partial charge in [-0.2, -0.15) is 0 Å². The zero-order chi connectivity index (χ0) is 29.3. The van der Waals surface area contributed by atoms with Crippen LogP contribution in [0.4, 0.5) is 0 Å². The summed E-state index contributed by atoms with van der Waals surface area (Å²) >= 11 is 0.382. The van der Waals surface area contributed by atoms with Crippen molar-refractivity contribution in [3.8, 4) is 33.5 Å². The van der Waals surface area contributed by atoms with Gasteiger partial charge in [-0.05, 0) is 116 Å². The maximum absolute atomic E-state index is 5.20. The molecule has 209 valence electrons. The minimum absolute atomic E-state index is 0.382. The first-order chi connectivity index (χ1) is 19.7. The summed E-state index contributed by atoms with van der Waals surface area (Å²) in [5.74, 6) is 0. The van der Waals surface area contributed by atoms with Gasteiger partial charge in [-0.1, -0.05) is 59.7 Å². The second kappa shape index (κ2) is 12.3. The second-order valence-corrected chi connectivity index (χ2v) is 12.5. The molecule has 4 aromatic carbocycles. The van der Waals surface area contributed by atoms with Crippen LogP contribution < -0.4 is 0 Å². The third kappa shape index (κ3) is 6.05. The van der Waals surface area contributed by atoms with Crippen LogP contribution in [0.25, 0.3) is 55.3 Å². The zero-order valence-corrected chi connectivity index (χ0v) is 26.6. The van der Waals surface area contributed by atoms with Crippen LogP contribution in [0.1, 0.15) is 33.4 Å². The Morgan fingerprint density at radius 1 is 0.537 bits per heavy atom. The van der Waals surface area contributed by atoms with Crippen LogP contribution in [0.15, 0.2) is 85.1 Å². The molecule has 0 fully saturated rings. The van der Waals surface area contributed by atoms with E-state index in [0.717, 1.165) is 33.1 Å². The number of nitrogens with zero attached hydrogens (tertiary/aromatic N) is 2. The van der Waals surface area contributed by atoms with E-state index < -0.39 is 0 Å². The van der Waals surface area contributed by atoms with Crippen LogP contribution in [0.5, 0.6) is 0 Å². The van der Waals surface area contributed by atoms with Crippen LogP contribution >= 0.6 is 20.3 Å². The molecule has 0 amide bonds. The normalized spacial score (nSPS) is 11.1. The number of rotatable bonds is 3. The predicted octanol–water partition coefficient (Wildman–Crippen LogP) is 11.0. The first kappa shape index (κ1) is 29.3. The molecule has 0 saturated carbocycles. The zero-order valence-electron chi connectivity index (χ0n) is 24.1. The molecule has 0 unspecified atom stereocenters. The molecule has 0 aliphatic carbocycles. The van der Waals surface area contributed by atoms with Gasteiger partial charge in [0.1, 0.15) is 0 Å². The maximum atomic E-state index is 5.20. The second-order valence-electron chi connectivity index (χ2n) is 10.8. The number of fused-ring (bicyclic) bond motifs is 3. The Hall–Kier alpha value is -3.21. The van der Waals surface area contributed by atoms with Crippen molar-refractivity contribution in [2.45, 2.75) is 41.5 Å². The molecule has 0 aliphatic rings. The van der Waals surface area contributed by atoms with Gasteiger partial charge in [0.25, 0.3) is 0 Å². The Bertz CT molecular complexity index is 1790. The van der Waals surface area contributed by atoms with E-state index in [4.69, 9.17) is 25.3 Å². The number of hydrogen-bond donors (Lipinski definition) is 0. The van der Waals surface area contributed by atoms with Crippen LogP contribution in [-0.4, -0.2) is 9.97 Å². The van der Waals surface area contributed by atoms with Gasteiger partial charge in [0.2, 0.25) is 0 Å². The quantitative estimate of drug-likeness (QED) is 0.184. The average molecular weight is 623 g/mol. The van der Waals surface area contributed by atoms with Crippen molar-refractivity contribution < 1.29 is 12.9 Å². The van der Waals surface area contributed by atoms with Gasteiger partial charge in [-0.3, -0.25) is 4.98 Å². The van der Waals surface area contributed by atoms with Crippen molar-refractivity contribution in [2.24, 2.45) is 0 Å². The first-order valence-electron chi connectivity index (χ1n) is 13.5. The van der Waals surface area contributed by atoms with Gasteiger partial charge in [0.05, 0.1) is 16.7 Å². The van der Waals surface area contributed by atoms with Crippen molar-refractivity contribution in [1.29, 1.82) is 0 Å². The van der Waals surface area contributed by atoms with Gasteiger partial charge < -0.3 is 0 Å². The van der Waals surface area contributed by atoms with E-state index in [0.29, 0.717) is 12.9 Å². The van der Waals surface area contributed by atoms with E-state index in [1.165, 1.54) is 55.6 Å². The molecule has 0 bridgehead atoms. The SMILES string of the molecule is Cc1cc(C)c(-c2cc(-c3ccc4ccc5cccnc5c4n3)cc(-c3c(C)cc(C)cc3C)c2)c(C)c1.[Cl][Co][Cl]. The summed E-state index contributed by atoms with van der Waals surface area (Å²) in [6, 6.07) is 28.7. The molecule has 2 heterocycles. The summed E-state index contributed by atoms with van der Waals surface area (Å²) in [5.41, 5.74) is 16.8. The Morgan fingerprint density at radius 3 is 1.49 bits per heavy atom. The third-order valence-corrected chi connectivity index (χ3v) is 7.59. The predicted molar refractivity (Wildman–Crippen MR) is 173 cm³/mol. The Labute approximate surface area is 257 Å². The van der Waals surface area contributed by atoms with Crippen LogP contribution in [0, 0.1) is 41.5 Å². The summed E-state index contributed by atoms with van der Waals surface area (Å²) in [4.78, 5) is 9.87. The molecule has 0 aliphatic heterocycles. The van der Waals surface area contributed by atoms with Crippen LogP contribution in [0.2, 0.25) is 0 Å². The van der Waals surface area contributed by atoms with Gasteiger partial charge in [0.15, 0.2) is 0 Å². The van der Waals surface area contributed by atoms with Crippen LogP contribution in [0.3, 0.4) is 0 Å². The molecule has 6 rings (SSSR count). The molecule has 5 heteroatoms. The topological polar surface area (TPSA) is 25.8 Å². The summed E-state index contributed by atoms with van der Waals surface area (Å²) in [7, 11) is 9.47. The number of benzene rings is 4. The summed E-state index contributed by atoms with van der Waals surface area (Å²) in [6.45, 7) is 13.2. The molecular formula is C36H32Cl2CoN2. The molecule has 0 spiro atoms. The van der Waals surface area contributed by atoms with Gasteiger partial charge in [0, 0.05) is 22.5 Å². The molecule has 0 saturated heterocycles. The van der Waals surface area contributed by atoms with Crippen LogP contribution in [-0.2, 0) is 12.9 Å². The molecule has 0 atom stereocenters. The number of aryl methyl sites for hydroxylation is 6. The van der Waals surface area contributed by atoms with Crippen molar-refractivity contribution in [3.05, 3.63) is 118 Å². The number of hydrogen-bond acceptors (Lipinski definition) is 2. The summed E-state index contributed by atoms with van der Waals surface area (Å²) in [5, 5.41) is 2.21. The van der Waals surface area contributed by atoms with Crippen molar-refractivity contribution in [1.82, 2.24) is 9.97 Å². The molecular weight excluding hydrogens is 590 g/mol. The third-order valence-electron chi connectivity index (χ3n) is 7.59. The molecule has 2 nitrogen and oxygen atoms in total. The van der Waals surface area contributed by atoms with E-state index in [-0.39, 0.29) is 0 Å². The Morgan fingerprint density at radius 2 is 0.976 bits per heavy atom. The fourth-order valence-corrected chi connectivity index (χ4v) is 6.22. The van der Waals surface area contributed by atoms with Gasteiger partial charge in [-0.15, -0.1) is 0 Å². The number of halogens is 2. The number of pyridine rings is 2. The van der Waals surface area contributed by atoms with Crippen molar-refractivity contribution >= 4 is 42.1 Å². The summed E-state index contributed by atoms with van der Waals surface area (Å²) < 4.78 is 0. The molecule has 6 aromatic rings. The monoisotopic (exact) mass is 621 g/mol. The van der Waals surface area contributed by atoms with Gasteiger partial charge >= 0.3 is 33.2 Å². The first-order valence-corrected chi connectivity index (χ1v) is 16.4. The van der Waals surface area contributed by atoms with E-state index in [2.05, 4.69) is 119 Å². The van der Waals surface area contributed by atoms with E-state index in [1.54, 1.807) is 0 Å². The molecule has 41 heavy (non-hydrogen) atoms. The molecule has 0 N–H and O–H groups in total. The Balaban J connectivity index is 0.00000108. The minimum atomic E-state index is 0.382.